The molecule has 7 nitrogen and oxygen atoms in total. The zero-order valence-electron chi connectivity index (χ0n) is 12.0. The van der Waals surface area contributed by atoms with Gasteiger partial charge < -0.3 is 25.1 Å². The van der Waals surface area contributed by atoms with E-state index >= 15 is 0 Å². The Morgan fingerprint density at radius 3 is 1.41 bits per heavy atom. The number of carboxylic acids is 2. The molecule has 2 aromatic rings. The van der Waals surface area contributed by atoms with E-state index in [9.17, 15) is 0 Å². The summed E-state index contributed by atoms with van der Waals surface area (Å²) in [6.07, 6.45) is 3.48. The second kappa shape index (κ2) is 13.7. The molecule has 0 bridgehead atoms. The molecule has 2 heterocycles. The van der Waals surface area contributed by atoms with Crippen LogP contribution in [0.25, 0.3) is 0 Å². The molecule has 0 aromatic carbocycles. The van der Waals surface area contributed by atoms with Gasteiger partial charge in [-0.1, -0.05) is 12.1 Å². The number of carbonyl (C=O) groups is 2. The van der Waals surface area contributed by atoms with E-state index in [4.69, 9.17) is 19.8 Å². The van der Waals surface area contributed by atoms with Crippen LogP contribution < -0.4 is 15.5 Å². The van der Waals surface area contributed by atoms with Gasteiger partial charge in [-0.05, 0) is 38.1 Å². The number of rotatable bonds is 2. The quantitative estimate of drug-likeness (QED) is 0.695. The van der Waals surface area contributed by atoms with Crippen molar-refractivity contribution in [2.45, 2.75) is 13.8 Å². The zero-order valence-corrected chi connectivity index (χ0v) is 13.5. The van der Waals surface area contributed by atoms with E-state index in [0.29, 0.717) is 0 Å². The number of hydrogen-bond donors (Lipinski definition) is 1. The third-order valence-corrected chi connectivity index (χ3v) is 1.59. The largest absolute Gasteiger partial charge is 2.00 e. The first-order chi connectivity index (χ1) is 9.91. The van der Waals surface area contributed by atoms with Crippen molar-refractivity contribution in [3.63, 3.8) is 0 Å². The normalized spacial score (nSPS) is 7.91. The Morgan fingerprint density at radius 1 is 0.864 bits per heavy atom. The van der Waals surface area contributed by atoms with Crippen LogP contribution in [0.2, 0.25) is 0 Å². The summed E-state index contributed by atoms with van der Waals surface area (Å²) in [5, 5.41) is 20.9. The molecule has 0 aliphatic carbocycles. The van der Waals surface area contributed by atoms with E-state index in [-0.39, 0.29) is 20.4 Å². The number of aliphatic carboxylic acids is 2. The van der Waals surface area contributed by atoms with Crippen LogP contribution in [0, 0.1) is 0 Å². The maximum atomic E-state index is 8.89. The summed E-state index contributed by atoms with van der Waals surface area (Å²) >= 11 is 0. The molecule has 0 saturated heterocycles. The number of anilines is 2. The molecule has 2 rings (SSSR count). The molecule has 0 saturated carbocycles. The van der Waals surface area contributed by atoms with Gasteiger partial charge in [-0.3, -0.25) is 0 Å². The van der Waals surface area contributed by atoms with Gasteiger partial charge in [0, 0.05) is 24.3 Å². The molecule has 120 valence electrons. The maximum absolute atomic E-state index is 8.89. The molecule has 0 aliphatic heterocycles. The first-order valence-electron chi connectivity index (χ1n) is 5.86. The fourth-order valence-electron chi connectivity index (χ4n) is 1.00. The topological polar surface area (TPSA) is 118 Å². The molecule has 0 aliphatic rings. The van der Waals surface area contributed by atoms with Gasteiger partial charge in [0.15, 0.2) is 0 Å². The second-order valence-electron chi connectivity index (χ2n) is 3.54. The fraction of sp³-hybridized carbons (Fsp3) is 0.143. The summed E-state index contributed by atoms with van der Waals surface area (Å²) in [4.78, 5) is 26.0. The van der Waals surface area contributed by atoms with Crippen molar-refractivity contribution in [1.29, 1.82) is 0 Å². The molecular formula is C14H15N3O4Pd. The van der Waals surface area contributed by atoms with Gasteiger partial charge in [0.25, 0.3) is 0 Å². The first kappa shape index (κ1) is 22.0. The smallest absolute Gasteiger partial charge is 0.550 e. The van der Waals surface area contributed by atoms with E-state index in [2.05, 4.69) is 15.3 Å². The van der Waals surface area contributed by atoms with Crippen molar-refractivity contribution < 1.29 is 40.2 Å². The molecule has 0 atom stereocenters. The summed E-state index contributed by atoms with van der Waals surface area (Å²) < 4.78 is 0. The number of carbonyl (C=O) groups excluding carboxylic acids is 2. The summed E-state index contributed by atoms with van der Waals surface area (Å²) in [5.41, 5.74) is 0. The average Bonchev–Trinajstić information content (AvgIpc) is 2.40. The van der Waals surface area contributed by atoms with Gasteiger partial charge in [-0.15, -0.1) is 0 Å². The summed E-state index contributed by atoms with van der Waals surface area (Å²) in [5.74, 6) is -0.553. The molecular weight excluding hydrogens is 381 g/mol. The Hall–Kier alpha value is -2.30. The molecule has 1 N–H and O–H groups in total. The van der Waals surface area contributed by atoms with Crippen molar-refractivity contribution in [1.82, 2.24) is 9.97 Å². The SMILES string of the molecule is CC(=O)[O-].CC(=O)[O-].[Pd+2].c1ccc(Nc2ccccn2)nc1. The monoisotopic (exact) mass is 395 g/mol. The number of nitrogens with zero attached hydrogens (tertiary/aromatic N) is 2. The van der Waals surface area contributed by atoms with Gasteiger partial charge in [-0.25, -0.2) is 9.97 Å². The number of hydrogen-bond acceptors (Lipinski definition) is 7. The second-order valence-corrected chi connectivity index (χ2v) is 3.54. The minimum Gasteiger partial charge on any atom is -0.550 e. The number of aromatic nitrogens is 2. The van der Waals surface area contributed by atoms with Crippen LogP contribution in [0.4, 0.5) is 11.6 Å². The van der Waals surface area contributed by atoms with E-state index < -0.39 is 11.9 Å². The Labute approximate surface area is 142 Å². The predicted octanol–water partition coefficient (Wildman–Crippen LogP) is -0.270. The molecule has 22 heavy (non-hydrogen) atoms. The molecule has 2 aromatic heterocycles. The molecule has 0 spiro atoms. The van der Waals surface area contributed by atoms with Gasteiger partial charge in [0.2, 0.25) is 0 Å². The Kier molecular flexibility index (Phi) is 13.7. The van der Waals surface area contributed by atoms with Crippen LogP contribution >= 0.6 is 0 Å². The molecule has 0 amide bonds. The van der Waals surface area contributed by atoms with Gasteiger partial charge in [0.05, 0.1) is 0 Å². The van der Waals surface area contributed by atoms with E-state index in [1.165, 1.54) is 0 Å². The van der Waals surface area contributed by atoms with Gasteiger partial charge in [-0.2, -0.15) is 0 Å². The first-order valence-corrected chi connectivity index (χ1v) is 5.86. The summed E-state index contributed by atoms with van der Waals surface area (Å²) in [7, 11) is 0. The number of nitrogens with one attached hydrogen (secondary N) is 1. The van der Waals surface area contributed by atoms with Crippen LogP contribution in [0.5, 0.6) is 0 Å². The van der Waals surface area contributed by atoms with E-state index in [0.717, 1.165) is 25.5 Å². The average molecular weight is 396 g/mol. The number of pyridine rings is 2. The standard InChI is InChI=1S/C10H9N3.2C2H4O2.Pd/c1-3-7-11-9(5-1)13-10-6-2-4-8-12-10;2*1-2(3)4;/h1-8H,(H,11,12,13);2*1H3,(H,3,4);/q;;;+2/p-2. The Morgan fingerprint density at radius 2 is 1.18 bits per heavy atom. The summed E-state index contributed by atoms with van der Waals surface area (Å²) in [6, 6.07) is 11.4. The van der Waals surface area contributed by atoms with Crippen LogP contribution in [-0.4, -0.2) is 21.9 Å². The van der Waals surface area contributed by atoms with Crippen LogP contribution in [0.15, 0.2) is 48.8 Å². The van der Waals surface area contributed by atoms with Crippen molar-refractivity contribution in [2.75, 3.05) is 5.32 Å². The maximum Gasteiger partial charge on any atom is 2.00 e. The summed E-state index contributed by atoms with van der Waals surface area (Å²) in [6.45, 7) is 1.94. The minimum absolute atomic E-state index is 0. The zero-order chi connectivity index (χ0) is 16.1. The fourth-order valence-corrected chi connectivity index (χ4v) is 1.00. The van der Waals surface area contributed by atoms with Crippen molar-refractivity contribution in [3.05, 3.63) is 48.8 Å². The van der Waals surface area contributed by atoms with Crippen LogP contribution in [0.1, 0.15) is 13.8 Å². The van der Waals surface area contributed by atoms with Gasteiger partial charge >= 0.3 is 20.4 Å². The van der Waals surface area contributed by atoms with Gasteiger partial charge in [0.1, 0.15) is 11.6 Å². The van der Waals surface area contributed by atoms with E-state index in [1.807, 2.05) is 36.4 Å². The number of carboxylic acid groups (broad SMARTS) is 2. The predicted molar refractivity (Wildman–Crippen MR) is 73.1 cm³/mol. The molecule has 8 heteroatoms. The van der Waals surface area contributed by atoms with Crippen molar-refractivity contribution in [3.8, 4) is 0 Å². The van der Waals surface area contributed by atoms with E-state index in [1.54, 1.807) is 12.4 Å². The van der Waals surface area contributed by atoms with Crippen LogP contribution in [-0.2, 0) is 30.0 Å². The van der Waals surface area contributed by atoms with Crippen LogP contribution in [0.3, 0.4) is 0 Å². The molecule has 0 fully saturated rings. The Bertz CT molecular complexity index is 481. The third-order valence-electron chi connectivity index (χ3n) is 1.59. The minimum atomic E-state index is -1.08. The molecule has 0 radical (unpaired) electrons. The van der Waals surface area contributed by atoms with Crippen molar-refractivity contribution in [2.24, 2.45) is 0 Å². The van der Waals surface area contributed by atoms with Crippen molar-refractivity contribution >= 4 is 23.6 Å². The Balaban J connectivity index is 0. The third kappa shape index (κ3) is 15.8. The molecule has 0 unspecified atom stereocenters.